The fourth-order valence-corrected chi connectivity index (χ4v) is 3.32. The van der Waals surface area contributed by atoms with Gasteiger partial charge < -0.3 is 5.32 Å². The molecule has 1 aromatic rings. The highest BCUT2D eigenvalue weighted by Gasteiger charge is 2.53. The third-order valence-electron chi connectivity index (χ3n) is 4.36. The van der Waals surface area contributed by atoms with Crippen LogP contribution in [-0.4, -0.2) is 20.9 Å². The average Bonchev–Trinajstić information content (AvgIpc) is 3.27. The van der Waals surface area contributed by atoms with Crippen LogP contribution < -0.4 is 10.5 Å². The van der Waals surface area contributed by atoms with E-state index in [1.54, 1.807) is 6.07 Å². The van der Waals surface area contributed by atoms with E-state index in [0.29, 0.717) is 17.5 Å². The molecule has 2 aliphatic rings. The van der Waals surface area contributed by atoms with Crippen molar-refractivity contribution in [2.45, 2.75) is 30.6 Å². The lowest BCUT2D eigenvalue weighted by Crippen LogP contribution is -2.31. The molecule has 2 fully saturated rings. The molecule has 0 radical (unpaired) electrons. The fourth-order valence-electron chi connectivity index (χ4n) is 2.76. The van der Waals surface area contributed by atoms with Gasteiger partial charge in [-0.15, -0.1) is 0 Å². The summed E-state index contributed by atoms with van der Waals surface area (Å²) in [6, 6.07) is 5.84. The number of sulfonamides is 1. The molecule has 2 saturated carbocycles. The minimum atomic E-state index is -3.77. The topological polar surface area (TPSA) is 89.3 Å². The number of amides is 1. The number of rotatable bonds is 5. The van der Waals surface area contributed by atoms with Gasteiger partial charge in [-0.25, -0.2) is 13.6 Å². The molecule has 0 atom stereocenters. The summed E-state index contributed by atoms with van der Waals surface area (Å²) in [4.78, 5) is 12.1. The molecule has 108 valence electrons. The quantitative estimate of drug-likeness (QED) is 0.856. The number of hydrogen-bond donors (Lipinski definition) is 2. The van der Waals surface area contributed by atoms with Gasteiger partial charge in [0.05, 0.1) is 4.90 Å². The standard InChI is InChI=1S/C14H18N2O3S/c15-20(18,19)12-3-1-2-10(8-12)13(17)16-9-14(6-7-14)11-4-5-11/h1-3,8,11H,4-7,9H2,(H,16,17)(H2,15,18,19). The monoisotopic (exact) mass is 294 g/mol. The Bertz CT molecular complexity index is 646. The van der Waals surface area contributed by atoms with Crippen LogP contribution in [0.15, 0.2) is 29.2 Å². The van der Waals surface area contributed by atoms with Crippen molar-refractivity contribution in [2.75, 3.05) is 6.54 Å². The van der Waals surface area contributed by atoms with E-state index in [-0.39, 0.29) is 10.8 Å². The van der Waals surface area contributed by atoms with Gasteiger partial charge in [0.1, 0.15) is 0 Å². The van der Waals surface area contributed by atoms with Crippen LogP contribution in [0.2, 0.25) is 0 Å². The first-order valence-corrected chi connectivity index (χ1v) is 8.36. The van der Waals surface area contributed by atoms with Gasteiger partial charge >= 0.3 is 0 Å². The van der Waals surface area contributed by atoms with Crippen molar-refractivity contribution in [3.05, 3.63) is 29.8 Å². The zero-order valence-corrected chi connectivity index (χ0v) is 11.9. The van der Waals surface area contributed by atoms with E-state index < -0.39 is 10.0 Å². The van der Waals surface area contributed by atoms with Gasteiger partial charge in [0, 0.05) is 12.1 Å². The summed E-state index contributed by atoms with van der Waals surface area (Å²) >= 11 is 0. The van der Waals surface area contributed by atoms with Gasteiger partial charge in [-0.05, 0) is 55.2 Å². The van der Waals surface area contributed by atoms with Crippen LogP contribution in [0.5, 0.6) is 0 Å². The zero-order chi connectivity index (χ0) is 14.4. The Balaban J connectivity index is 1.68. The third-order valence-corrected chi connectivity index (χ3v) is 5.27. The number of carbonyl (C=O) groups is 1. The molecule has 5 nitrogen and oxygen atoms in total. The van der Waals surface area contributed by atoms with E-state index in [2.05, 4.69) is 5.32 Å². The van der Waals surface area contributed by atoms with Crippen LogP contribution in [0.1, 0.15) is 36.0 Å². The molecule has 1 aromatic carbocycles. The third kappa shape index (κ3) is 2.71. The van der Waals surface area contributed by atoms with Crippen molar-refractivity contribution in [1.82, 2.24) is 5.32 Å². The lowest BCUT2D eigenvalue weighted by molar-refractivity contribution is 0.0942. The smallest absolute Gasteiger partial charge is 0.251 e. The molecular formula is C14H18N2O3S. The summed E-state index contributed by atoms with van der Waals surface area (Å²) in [6.07, 6.45) is 4.93. The van der Waals surface area contributed by atoms with Gasteiger partial charge in [-0.3, -0.25) is 4.79 Å². The van der Waals surface area contributed by atoms with Crippen molar-refractivity contribution < 1.29 is 13.2 Å². The van der Waals surface area contributed by atoms with Gasteiger partial charge in [-0.2, -0.15) is 0 Å². The second-order valence-corrected chi connectivity index (χ2v) is 7.45. The highest BCUT2D eigenvalue weighted by atomic mass is 32.2. The summed E-state index contributed by atoms with van der Waals surface area (Å²) in [5, 5.41) is 7.99. The first kappa shape index (κ1) is 13.6. The molecule has 0 heterocycles. The van der Waals surface area contributed by atoms with Crippen LogP contribution in [0, 0.1) is 11.3 Å². The molecule has 20 heavy (non-hydrogen) atoms. The minimum Gasteiger partial charge on any atom is -0.351 e. The lowest BCUT2D eigenvalue weighted by Gasteiger charge is -2.15. The van der Waals surface area contributed by atoms with Crippen LogP contribution >= 0.6 is 0 Å². The molecule has 0 unspecified atom stereocenters. The van der Waals surface area contributed by atoms with Gasteiger partial charge in [0.15, 0.2) is 0 Å². The molecule has 3 rings (SSSR count). The molecular weight excluding hydrogens is 276 g/mol. The molecule has 6 heteroatoms. The van der Waals surface area contributed by atoms with Crippen LogP contribution in [0.4, 0.5) is 0 Å². The molecule has 0 aromatic heterocycles. The molecule has 1 amide bonds. The van der Waals surface area contributed by atoms with Crippen molar-refractivity contribution in [3.8, 4) is 0 Å². The number of nitrogens with one attached hydrogen (secondary N) is 1. The lowest BCUT2D eigenvalue weighted by atomic mass is 10.0. The second-order valence-electron chi connectivity index (χ2n) is 5.89. The molecule has 0 bridgehead atoms. The molecule has 0 aliphatic heterocycles. The zero-order valence-electron chi connectivity index (χ0n) is 11.1. The number of carbonyl (C=O) groups excluding carboxylic acids is 1. The minimum absolute atomic E-state index is 0.0338. The predicted octanol–water partition coefficient (Wildman–Crippen LogP) is 1.25. The summed E-state index contributed by atoms with van der Waals surface area (Å²) < 4.78 is 22.6. The van der Waals surface area contributed by atoms with Gasteiger partial charge in [0.25, 0.3) is 5.91 Å². The summed E-state index contributed by atoms with van der Waals surface area (Å²) in [7, 11) is -3.77. The number of primary sulfonamides is 1. The number of benzene rings is 1. The Morgan fingerprint density at radius 3 is 2.60 bits per heavy atom. The Labute approximate surface area is 118 Å². The van der Waals surface area contributed by atoms with Crippen molar-refractivity contribution in [3.63, 3.8) is 0 Å². The SMILES string of the molecule is NS(=O)(=O)c1cccc(C(=O)NCC2(C3CC3)CC2)c1. The van der Waals surface area contributed by atoms with Crippen LogP contribution in [0.25, 0.3) is 0 Å². The fraction of sp³-hybridized carbons (Fsp3) is 0.500. The average molecular weight is 294 g/mol. The summed E-state index contributed by atoms with van der Waals surface area (Å²) in [6.45, 7) is 0.691. The van der Waals surface area contributed by atoms with E-state index >= 15 is 0 Å². The Hall–Kier alpha value is -1.40. The number of hydrogen-bond acceptors (Lipinski definition) is 3. The maximum atomic E-state index is 12.1. The van der Waals surface area contributed by atoms with Gasteiger partial charge in [0.2, 0.25) is 10.0 Å². The molecule has 2 aliphatic carbocycles. The summed E-state index contributed by atoms with van der Waals surface area (Å²) in [5.74, 6) is 0.543. The maximum absolute atomic E-state index is 12.1. The van der Waals surface area contributed by atoms with E-state index in [4.69, 9.17) is 5.14 Å². The summed E-state index contributed by atoms with van der Waals surface area (Å²) in [5.41, 5.74) is 0.663. The Morgan fingerprint density at radius 2 is 2.05 bits per heavy atom. The maximum Gasteiger partial charge on any atom is 0.251 e. The van der Waals surface area contributed by atoms with Crippen molar-refractivity contribution in [1.29, 1.82) is 0 Å². The predicted molar refractivity (Wildman–Crippen MR) is 74.5 cm³/mol. The molecule has 3 N–H and O–H groups in total. The van der Waals surface area contributed by atoms with E-state index in [1.165, 1.54) is 43.9 Å². The second kappa shape index (κ2) is 4.56. The highest BCUT2D eigenvalue weighted by molar-refractivity contribution is 7.89. The Morgan fingerprint density at radius 1 is 1.35 bits per heavy atom. The van der Waals surface area contributed by atoms with Crippen molar-refractivity contribution >= 4 is 15.9 Å². The first-order chi connectivity index (χ1) is 9.41. The molecule has 0 spiro atoms. The van der Waals surface area contributed by atoms with E-state index in [1.807, 2.05) is 0 Å². The van der Waals surface area contributed by atoms with E-state index in [0.717, 1.165) is 5.92 Å². The molecule has 0 saturated heterocycles. The number of nitrogens with two attached hydrogens (primary N) is 1. The van der Waals surface area contributed by atoms with Gasteiger partial charge in [-0.1, -0.05) is 6.07 Å². The van der Waals surface area contributed by atoms with Crippen molar-refractivity contribution in [2.24, 2.45) is 16.5 Å². The van der Waals surface area contributed by atoms with Crippen LogP contribution in [0.3, 0.4) is 0 Å². The normalized spacial score (nSPS) is 20.4. The van der Waals surface area contributed by atoms with Crippen LogP contribution in [-0.2, 0) is 10.0 Å². The Kier molecular flexibility index (Phi) is 3.10. The largest absolute Gasteiger partial charge is 0.351 e. The highest BCUT2D eigenvalue weighted by Crippen LogP contribution is 2.60. The first-order valence-electron chi connectivity index (χ1n) is 6.82. The van der Waals surface area contributed by atoms with E-state index in [9.17, 15) is 13.2 Å².